The molecule has 6 heteroatoms. The van der Waals surface area contributed by atoms with E-state index in [0.717, 1.165) is 50.9 Å². The molecule has 0 atom stereocenters. The molecule has 2 aromatic carbocycles. The summed E-state index contributed by atoms with van der Waals surface area (Å²) in [5, 5.41) is 11.1. The smallest absolute Gasteiger partial charge is 0.406 e. The van der Waals surface area contributed by atoms with Gasteiger partial charge in [-0.05, 0) is 67.3 Å². The largest absolute Gasteiger partial charge is 0.573 e. The third kappa shape index (κ3) is 4.86. The second kappa shape index (κ2) is 7.56. The van der Waals surface area contributed by atoms with Gasteiger partial charge >= 0.3 is 6.36 Å². The summed E-state index contributed by atoms with van der Waals surface area (Å²) in [4.78, 5) is 2.24. The summed E-state index contributed by atoms with van der Waals surface area (Å²) in [5.74, 6) is -0.196. The van der Waals surface area contributed by atoms with Gasteiger partial charge in [-0.1, -0.05) is 30.3 Å². The monoisotopic (exact) mass is 405 g/mol. The van der Waals surface area contributed by atoms with E-state index < -0.39 is 12.0 Å². The number of hydrogen-bond acceptors (Lipinski definition) is 3. The van der Waals surface area contributed by atoms with Crippen molar-refractivity contribution in [1.82, 2.24) is 0 Å². The van der Waals surface area contributed by atoms with Gasteiger partial charge in [0.1, 0.15) is 5.75 Å². The van der Waals surface area contributed by atoms with Crippen LogP contribution >= 0.6 is 0 Å². The first-order chi connectivity index (χ1) is 13.7. The molecule has 1 spiro atoms. The molecule has 1 saturated carbocycles. The third-order valence-electron chi connectivity index (χ3n) is 6.49. The Bertz CT molecular complexity index is 812. The van der Waals surface area contributed by atoms with Crippen LogP contribution in [0.3, 0.4) is 0 Å². The zero-order chi connectivity index (χ0) is 20.5. The number of benzene rings is 2. The Hall–Kier alpha value is -2.21. The minimum atomic E-state index is -4.67. The van der Waals surface area contributed by atoms with Gasteiger partial charge < -0.3 is 14.7 Å². The van der Waals surface area contributed by atoms with Gasteiger partial charge in [0.2, 0.25) is 0 Å². The number of aliphatic hydroxyl groups is 1. The van der Waals surface area contributed by atoms with Crippen molar-refractivity contribution in [3.63, 3.8) is 0 Å². The van der Waals surface area contributed by atoms with E-state index in [1.54, 1.807) is 12.1 Å². The second-order valence-corrected chi connectivity index (χ2v) is 8.60. The fourth-order valence-corrected chi connectivity index (χ4v) is 4.82. The van der Waals surface area contributed by atoms with Crippen molar-refractivity contribution in [1.29, 1.82) is 0 Å². The van der Waals surface area contributed by atoms with Gasteiger partial charge in [-0.2, -0.15) is 0 Å². The summed E-state index contributed by atoms with van der Waals surface area (Å²) in [6.07, 6.45) is 0.591. The number of alkyl halides is 3. The molecule has 4 rings (SSSR count). The lowest BCUT2D eigenvalue weighted by atomic mass is 9.67. The van der Waals surface area contributed by atoms with E-state index in [0.29, 0.717) is 6.42 Å². The lowest BCUT2D eigenvalue weighted by Gasteiger charge is -2.42. The number of ether oxygens (including phenoxy) is 1. The Labute approximate surface area is 169 Å². The van der Waals surface area contributed by atoms with Gasteiger partial charge in [0, 0.05) is 25.2 Å². The van der Waals surface area contributed by atoms with Crippen molar-refractivity contribution < 1.29 is 23.0 Å². The quantitative estimate of drug-likeness (QED) is 0.746. The molecule has 1 heterocycles. The molecular formula is C23H26F3NO2. The maximum Gasteiger partial charge on any atom is 0.573 e. The van der Waals surface area contributed by atoms with Crippen molar-refractivity contribution in [3.05, 3.63) is 60.2 Å². The lowest BCUT2D eigenvalue weighted by Crippen LogP contribution is -2.41. The fourth-order valence-electron chi connectivity index (χ4n) is 4.82. The van der Waals surface area contributed by atoms with Gasteiger partial charge in [-0.3, -0.25) is 0 Å². The van der Waals surface area contributed by atoms with Crippen LogP contribution in [0.15, 0.2) is 54.6 Å². The minimum Gasteiger partial charge on any atom is -0.406 e. The van der Waals surface area contributed by atoms with Gasteiger partial charge in [-0.25, -0.2) is 0 Å². The normalized spacial score (nSPS) is 27.4. The van der Waals surface area contributed by atoms with E-state index in [4.69, 9.17) is 0 Å². The van der Waals surface area contributed by atoms with Crippen molar-refractivity contribution in [3.8, 4) is 5.75 Å². The molecule has 1 aliphatic carbocycles. The van der Waals surface area contributed by atoms with Gasteiger partial charge in [0.25, 0.3) is 0 Å². The molecule has 0 amide bonds. The van der Waals surface area contributed by atoms with Crippen molar-refractivity contribution in [2.24, 2.45) is 5.41 Å². The molecule has 156 valence electrons. The lowest BCUT2D eigenvalue weighted by molar-refractivity contribution is -0.274. The van der Waals surface area contributed by atoms with Gasteiger partial charge in [0.15, 0.2) is 0 Å². The highest BCUT2D eigenvalue weighted by molar-refractivity contribution is 5.50. The molecule has 2 aliphatic rings. The summed E-state index contributed by atoms with van der Waals surface area (Å²) in [6.45, 7) is 1.77. The number of nitrogens with zero attached hydrogens (tertiary/aromatic N) is 1. The predicted octanol–water partition coefficient (Wildman–Crippen LogP) is 5.33. The van der Waals surface area contributed by atoms with Crippen LogP contribution in [0.25, 0.3) is 0 Å². The van der Waals surface area contributed by atoms with Crippen LogP contribution in [0.1, 0.15) is 37.7 Å². The van der Waals surface area contributed by atoms with Crippen LogP contribution in [0, 0.1) is 5.41 Å². The molecular weight excluding hydrogens is 379 g/mol. The topological polar surface area (TPSA) is 32.7 Å². The van der Waals surface area contributed by atoms with Crippen LogP contribution < -0.4 is 9.64 Å². The third-order valence-corrected chi connectivity index (χ3v) is 6.49. The predicted molar refractivity (Wildman–Crippen MR) is 106 cm³/mol. The molecule has 1 N–H and O–H groups in total. The Kier molecular flexibility index (Phi) is 5.23. The summed E-state index contributed by atoms with van der Waals surface area (Å²) < 4.78 is 40.9. The van der Waals surface area contributed by atoms with Gasteiger partial charge in [-0.15, -0.1) is 13.2 Å². The minimum absolute atomic E-state index is 0.185. The molecule has 0 radical (unpaired) electrons. The van der Waals surface area contributed by atoms with Crippen LogP contribution in [-0.4, -0.2) is 30.2 Å². The average Bonchev–Trinajstić information content (AvgIpc) is 3.09. The Morgan fingerprint density at radius 3 is 2.17 bits per heavy atom. The molecule has 0 bridgehead atoms. The zero-order valence-corrected chi connectivity index (χ0v) is 16.3. The number of anilines is 1. The van der Waals surface area contributed by atoms with E-state index in [-0.39, 0.29) is 11.2 Å². The Morgan fingerprint density at radius 2 is 1.55 bits per heavy atom. The van der Waals surface area contributed by atoms with E-state index in [1.165, 1.54) is 17.7 Å². The summed E-state index contributed by atoms with van der Waals surface area (Å²) in [6, 6.07) is 16.2. The Balaban J connectivity index is 1.35. The fraction of sp³-hybridized carbons (Fsp3) is 0.478. The first-order valence-corrected chi connectivity index (χ1v) is 10.1. The SMILES string of the molecule is O[C@]1(Cc2ccccc2)CC[C@]2(CCN(c3ccc(OC(F)(F)F)cc3)C2)CC1. The number of hydrogen-bond donors (Lipinski definition) is 1. The molecule has 29 heavy (non-hydrogen) atoms. The first-order valence-electron chi connectivity index (χ1n) is 10.1. The van der Waals surface area contributed by atoms with Crippen molar-refractivity contribution in [2.75, 3.05) is 18.0 Å². The standard InChI is InChI=1S/C23H26F3NO2/c24-23(25,26)29-20-8-6-19(7-9-20)27-15-14-21(17-27)10-12-22(28,13-11-21)16-18-4-2-1-3-5-18/h1-9,28H,10-17H2/t21-,22-. The molecule has 1 aliphatic heterocycles. The number of halogens is 3. The maximum atomic E-state index is 12.3. The molecule has 0 aromatic heterocycles. The molecule has 2 fully saturated rings. The van der Waals surface area contributed by atoms with Gasteiger partial charge in [0.05, 0.1) is 5.60 Å². The highest BCUT2D eigenvalue weighted by Crippen LogP contribution is 2.48. The number of rotatable bonds is 4. The van der Waals surface area contributed by atoms with Crippen LogP contribution in [-0.2, 0) is 6.42 Å². The summed E-state index contributed by atoms with van der Waals surface area (Å²) in [5.41, 5.74) is 1.63. The van der Waals surface area contributed by atoms with Crippen molar-refractivity contribution in [2.45, 2.75) is 50.5 Å². The molecule has 1 saturated heterocycles. The van der Waals surface area contributed by atoms with E-state index in [9.17, 15) is 18.3 Å². The van der Waals surface area contributed by atoms with Crippen LogP contribution in [0.2, 0.25) is 0 Å². The average molecular weight is 405 g/mol. The molecule has 3 nitrogen and oxygen atoms in total. The van der Waals surface area contributed by atoms with Crippen LogP contribution in [0.5, 0.6) is 5.75 Å². The summed E-state index contributed by atoms with van der Waals surface area (Å²) in [7, 11) is 0. The highest BCUT2D eigenvalue weighted by atomic mass is 19.4. The second-order valence-electron chi connectivity index (χ2n) is 8.60. The molecule has 2 aromatic rings. The maximum absolute atomic E-state index is 12.3. The summed E-state index contributed by atoms with van der Waals surface area (Å²) >= 11 is 0. The Morgan fingerprint density at radius 1 is 0.897 bits per heavy atom. The van der Waals surface area contributed by atoms with E-state index in [1.807, 2.05) is 18.2 Å². The van der Waals surface area contributed by atoms with E-state index >= 15 is 0 Å². The molecule has 0 unspecified atom stereocenters. The van der Waals surface area contributed by atoms with E-state index in [2.05, 4.69) is 21.8 Å². The first kappa shape index (κ1) is 20.1. The van der Waals surface area contributed by atoms with Crippen LogP contribution in [0.4, 0.5) is 18.9 Å². The van der Waals surface area contributed by atoms with Crippen molar-refractivity contribution >= 4 is 5.69 Å². The highest BCUT2D eigenvalue weighted by Gasteiger charge is 2.45. The zero-order valence-electron chi connectivity index (χ0n) is 16.3.